The summed E-state index contributed by atoms with van der Waals surface area (Å²) in [6.07, 6.45) is 0.833. The minimum Gasteiger partial charge on any atom is -0.482 e. The van der Waals surface area contributed by atoms with Crippen LogP contribution in [-0.2, 0) is 22.6 Å². The SMILES string of the molecule is CCc1ccccc1Nc1nc(N)nc(COC(=O)COc2cccc(F)c2)n1. The first-order valence-corrected chi connectivity index (χ1v) is 8.93. The van der Waals surface area contributed by atoms with E-state index < -0.39 is 11.8 Å². The highest BCUT2D eigenvalue weighted by Crippen LogP contribution is 2.19. The number of esters is 1. The molecule has 29 heavy (non-hydrogen) atoms. The van der Waals surface area contributed by atoms with Crippen LogP contribution in [0.1, 0.15) is 18.3 Å². The molecule has 0 unspecified atom stereocenters. The van der Waals surface area contributed by atoms with E-state index in [0.29, 0.717) is 0 Å². The number of carbonyl (C=O) groups is 1. The molecule has 0 radical (unpaired) electrons. The Morgan fingerprint density at radius 3 is 2.76 bits per heavy atom. The molecule has 0 aliphatic rings. The predicted molar refractivity (Wildman–Crippen MR) is 105 cm³/mol. The second-order valence-electron chi connectivity index (χ2n) is 5.98. The highest BCUT2D eigenvalue weighted by atomic mass is 19.1. The molecule has 3 rings (SSSR count). The van der Waals surface area contributed by atoms with Crippen LogP contribution in [0.25, 0.3) is 0 Å². The Morgan fingerprint density at radius 2 is 1.97 bits per heavy atom. The Hall–Kier alpha value is -3.75. The van der Waals surface area contributed by atoms with Crippen molar-refractivity contribution in [2.45, 2.75) is 20.0 Å². The molecule has 0 fully saturated rings. The summed E-state index contributed by atoms with van der Waals surface area (Å²) in [6.45, 7) is 1.46. The standard InChI is InChI=1S/C20H20FN5O3/c1-2-13-6-3-4-9-16(13)23-20-25-17(24-19(22)26-20)11-29-18(27)12-28-15-8-5-7-14(21)10-15/h3-10H,2,11-12H2,1H3,(H3,22,23,24,25,26). The van der Waals surface area contributed by atoms with Gasteiger partial charge in [-0.2, -0.15) is 15.0 Å². The van der Waals surface area contributed by atoms with Gasteiger partial charge in [0, 0.05) is 11.8 Å². The third kappa shape index (κ3) is 5.86. The normalized spacial score (nSPS) is 10.4. The maximum atomic E-state index is 13.1. The smallest absolute Gasteiger partial charge is 0.344 e. The second kappa shape index (κ2) is 9.45. The summed E-state index contributed by atoms with van der Waals surface area (Å²) in [5.41, 5.74) is 7.68. The number of halogens is 1. The van der Waals surface area contributed by atoms with Crippen LogP contribution in [0.2, 0.25) is 0 Å². The number of rotatable bonds is 8. The van der Waals surface area contributed by atoms with Crippen molar-refractivity contribution in [1.82, 2.24) is 15.0 Å². The zero-order valence-corrected chi connectivity index (χ0v) is 15.8. The fraction of sp³-hybridized carbons (Fsp3) is 0.200. The van der Waals surface area contributed by atoms with Gasteiger partial charge in [0.25, 0.3) is 0 Å². The number of para-hydroxylation sites is 1. The van der Waals surface area contributed by atoms with Gasteiger partial charge in [0.2, 0.25) is 11.9 Å². The Bertz CT molecular complexity index is 999. The molecular formula is C20H20FN5O3. The van der Waals surface area contributed by atoms with E-state index in [-0.39, 0.29) is 36.7 Å². The minimum atomic E-state index is -0.654. The van der Waals surface area contributed by atoms with Gasteiger partial charge in [0.15, 0.2) is 19.0 Å². The summed E-state index contributed by atoms with van der Waals surface area (Å²) in [7, 11) is 0. The first kappa shape index (κ1) is 20.0. The van der Waals surface area contributed by atoms with Crippen LogP contribution in [0.4, 0.5) is 22.0 Å². The van der Waals surface area contributed by atoms with Gasteiger partial charge in [-0.15, -0.1) is 0 Å². The van der Waals surface area contributed by atoms with E-state index in [2.05, 4.69) is 20.3 Å². The van der Waals surface area contributed by atoms with Crippen LogP contribution in [0, 0.1) is 5.82 Å². The Balaban J connectivity index is 1.59. The second-order valence-corrected chi connectivity index (χ2v) is 5.98. The zero-order valence-electron chi connectivity index (χ0n) is 15.8. The maximum Gasteiger partial charge on any atom is 0.344 e. The molecule has 1 heterocycles. The number of nitrogens with two attached hydrogens (primary N) is 1. The predicted octanol–water partition coefficient (Wildman–Crippen LogP) is 3.02. The number of ether oxygens (including phenoxy) is 2. The molecule has 0 bridgehead atoms. The number of hydrogen-bond acceptors (Lipinski definition) is 8. The summed E-state index contributed by atoms with van der Waals surface area (Å²) < 4.78 is 23.4. The van der Waals surface area contributed by atoms with Gasteiger partial charge in [-0.25, -0.2) is 9.18 Å². The average Bonchev–Trinajstić information content (AvgIpc) is 2.71. The fourth-order valence-electron chi connectivity index (χ4n) is 2.52. The van der Waals surface area contributed by atoms with Crippen molar-refractivity contribution in [3.8, 4) is 5.75 Å². The molecule has 3 aromatic rings. The first-order valence-electron chi connectivity index (χ1n) is 8.93. The number of anilines is 3. The van der Waals surface area contributed by atoms with Crippen molar-refractivity contribution >= 4 is 23.6 Å². The maximum absolute atomic E-state index is 13.1. The molecule has 0 spiro atoms. The van der Waals surface area contributed by atoms with Crippen molar-refractivity contribution in [2.75, 3.05) is 17.7 Å². The highest BCUT2D eigenvalue weighted by molar-refractivity contribution is 5.71. The van der Waals surface area contributed by atoms with Crippen LogP contribution in [0.15, 0.2) is 48.5 Å². The van der Waals surface area contributed by atoms with Crippen LogP contribution in [0.3, 0.4) is 0 Å². The summed E-state index contributed by atoms with van der Waals surface area (Å²) in [5, 5.41) is 3.10. The molecule has 0 amide bonds. The van der Waals surface area contributed by atoms with Gasteiger partial charge in [0.05, 0.1) is 0 Å². The van der Waals surface area contributed by atoms with Crippen molar-refractivity contribution in [3.05, 3.63) is 65.7 Å². The highest BCUT2D eigenvalue weighted by Gasteiger charge is 2.10. The van der Waals surface area contributed by atoms with E-state index in [1.54, 1.807) is 0 Å². The number of carbonyl (C=O) groups excluding carboxylic acids is 1. The zero-order chi connectivity index (χ0) is 20.6. The number of nitrogen functional groups attached to an aromatic ring is 1. The minimum absolute atomic E-state index is 0.00135. The summed E-state index contributed by atoms with van der Waals surface area (Å²) in [4.78, 5) is 24.1. The molecule has 150 valence electrons. The Morgan fingerprint density at radius 1 is 1.14 bits per heavy atom. The van der Waals surface area contributed by atoms with Crippen LogP contribution in [0.5, 0.6) is 5.75 Å². The number of aromatic nitrogens is 3. The number of nitrogens with one attached hydrogen (secondary N) is 1. The molecule has 1 aromatic heterocycles. The third-order valence-corrected chi connectivity index (χ3v) is 3.86. The van der Waals surface area contributed by atoms with E-state index in [1.807, 2.05) is 31.2 Å². The van der Waals surface area contributed by atoms with Crippen molar-refractivity contribution < 1.29 is 18.7 Å². The summed E-state index contributed by atoms with van der Waals surface area (Å²) in [5.74, 6) is -0.445. The number of aryl methyl sites for hydroxylation is 1. The van der Waals surface area contributed by atoms with Gasteiger partial charge in [-0.1, -0.05) is 31.2 Å². The van der Waals surface area contributed by atoms with Gasteiger partial charge < -0.3 is 20.5 Å². The van der Waals surface area contributed by atoms with Gasteiger partial charge in [-0.05, 0) is 30.2 Å². The van der Waals surface area contributed by atoms with E-state index >= 15 is 0 Å². The number of nitrogens with zero attached hydrogens (tertiary/aromatic N) is 3. The monoisotopic (exact) mass is 397 g/mol. The van der Waals surface area contributed by atoms with Crippen molar-refractivity contribution in [3.63, 3.8) is 0 Å². The topological polar surface area (TPSA) is 112 Å². The fourth-order valence-corrected chi connectivity index (χ4v) is 2.52. The van der Waals surface area contributed by atoms with Crippen molar-refractivity contribution in [2.24, 2.45) is 0 Å². The number of hydrogen-bond donors (Lipinski definition) is 2. The van der Waals surface area contributed by atoms with Gasteiger partial charge in [-0.3, -0.25) is 0 Å². The van der Waals surface area contributed by atoms with E-state index in [9.17, 15) is 9.18 Å². The molecular weight excluding hydrogens is 377 g/mol. The Kier molecular flexibility index (Phi) is 6.51. The number of benzene rings is 2. The van der Waals surface area contributed by atoms with E-state index in [1.165, 1.54) is 24.3 Å². The molecule has 0 aliphatic heterocycles. The average molecular weight is 397 g/mol. The van der Waals surface area contributed by atoms with Crippen LogP contribution in [-0.4, -0.2) is 27.5 Å². The lowest BCUT2D eigenvalue weighted by atomic mass is 10.1. The van der Waals surface area contributed by atoms with Gasteiger partial charge in [0.1, 0.15) is 11.6 Å². The molecule has 0 atom stereocenters. The molecule has 0 saturated carbocycles. The largest absolute Gasteiger partial charge is 0.482 e. The van der Waals surface area contributed by atoms with Gasteiger partial charge >= 0.3 is 5.97 Å². The van der Waals surface area contributed by atoms with Crippen molar-refractivity contribution in [1.29, 1.82) is 0 Å². The van der Waals surface area contributed by atoms with Crippen LogP contribution < -0.4 is 15.8 Å². The lowest BCUT2D eigenvalue weighted by Gasteiger charge is -2.11. The quantitative estimate of drug-likeness (QED) is 0.558. The molecule has 8 nitrogen and oxygen atoms in total. The van der Waals surface area contributed by atoms with E-state index in [4.69, 9.17) is 15.2 Å². The molecule has 3 N–H and O–H groups in total. The molecule has 2 aromatic carbocycles. The lowest BCUT2D eigenvalue weighted by molar-refractivity contribution is -0.147. The first-order chi connectivity index (χ1) is 14.0. The van der Waals surface area contributed by atoms with E-state index in [0.717, 1.165) is 17.7 Å². The van der Waals surface area contributed by atoms with Crippen LogP contribution >= 0.6 is 0 Å². The third-order valence-electron chi connectivity index (χ3n) is 3.86. The molecule has 0 saturated heterocycles. The Labute approximate surface area is 166 Å². The molecule has 0 aliphatic carbocycles. The summed E-state index contributed by atoms with van der Waals surface area (Å²) in [6, 6.07) is 13.2. The lowest BCUT2D eigenvalue weighted by Crippen LogP contribution is -2.16. The molecule has 9 heteroatoms. The summed E-state index contributed by atoms with van der Waals surface area (Å²) >= 11 is 0.